The molecule has 0 radical (unpaired) electrons. The number of rotatable bonds is 3. The second-order valence-corrected chi connectivity index (χ2v) is 7.18. The number of nitrogens with zero attached hydrogens (tertiary/aromatic N) is 2. The van der Waals surface area contributed by atoms with Crippen molar-refractivity contribution in [2.45, 2.75) is 44.6 Å². The van der Waals surface area contributed by atoms with Crippen LogP contribution >= 0.6 is 0 Å². The number of benzene rings is 1. The first kappa shape index (κ1) is 16.3. The van der Waals surface area contributed by atoms with Gasteiger partial charge in [-0.15, -0.1) is 0 Å². The first-order valence-corrected chi connectivity index (χ1v) is 9.09. The first-order valence-electron chi connectivity index (χ1n) is 9.09. The van der Waals surface area contributed by atoms with Gasteiger partial charge in [0.1, 0.15) is 5.69 Å². The van der Waals surface area contributed by atoms with E-state index < -0.39 is 0 Å². The average Bonchev–Trinajstić information content (AvgIpc) is 3.15. The van der Waals surface area contributed by atoms with E-state index in [0.29, 0.717) is 30.6 Å². The minimum absolute atomic E-state index is 0.0237. The summed E-state index contributed by atoms with van der Waals surface area (Å²) in [6.07, 6.45) is 5.56. The molecule has 0 spiro atoms. The minimum Gasteiger partial charge on any atom is -0.378 e. The van der Waals surface area contributed by atoms with E-state index in [9.17, 15) is 14.9 Å². The van der Waals surface area contributed by atoms with Crippen LogP contribution in [0, 0.1) is 16.0 Å². The molecule has 0 bridgehead atoms. The zero-order valence-electron chi connectivity index (χ0n) is 14.2. The topological polar surface area (TPSA) is 84.7 Å². The summed E-state index contributed by atoms with van der Waals surface area (Å²) < 4.78 is 5.81. The van der Waals surface area contributed by atoms with Crippen molar-refractivity contribution < 1.29 is 14.5 Å². The van der Waals surface area contributed by atoms with Gasteiger partial charge in [0.15, 0.2) is 0 Å². The van der Waals surface area contributed by atoms with Crippen molar-refractivity contribution >= 4 is 23.0 Å². The van der Waals surface area contributed by atoms with Gasteiger partial charge in [-0.05, 0) is 49.7 Å². The standard InChI is InChI=1S/C18H23N3O4/c22-18-4-3-13-10-16(21(23)24)15(11-14(13)19-18)20-7-5-12(6-8-20)17-2-1-9-25-17/h10-12,17H,1-9H2,(H,19,22). The van der Waals surface area contributed by atoms with E-state index in [1.54, 1.807) is 12.1 Å². The van der Waals surface area contributed by atoms with Crippen molar-refractivity contribution in [1.29, 1.82) is 0 Å². The van der Waals surface area contributed by atoms with Crippen LogP contribution in [0.25, 0.3) is 0 Å². The van der Waals surface area contributed by atoms with Crippen molar-refractivity contribution in [3.8, 4) is 0 Å². The fourth-order valence-electron chi connectivity index (χ4n) is 4.29. The maximum Gasteiger partial charge on any atom is 0.292 e. The number of nitro benzene ring substituents is 1. The van der Waals surface area contributed by atoms with Crippen LogP contribution in [-0.4, -0.2) is 36.6 Å². The van der Waals surface area contributed by atoms with Crippen molar-refractivity contribution in [3.63, 3.8) is 0 Å². The molecule has 1 unspecified atom stereocenters. The third-order valence-electron chi connectivity index (χ3n) is 5.66. The van der Waals surface area contributed by atoms with Crippen LogP contribution in [0.4, 0.5) is 17.1 Å². The molecule has 1 N–H and O–H groups in total. The van der Waals surface area contributed by atoms with E-state index in [-0.39, 0.29) is 16.5 Å². The molecule has 1 aromatic rings. The Morgan fingerprint density at radius 1 is 1.20 bits per heavy atom. The van der Waals surface area contributed by atoms with Crippen LogP contribution < -0.4 is 10.2 Å². The molecule has 2 saturated heterocycles. The number of piperidine rings is 1. The summed E-state index contributed by atoms with van der Waals surface area (Å²) in [4.78, 5) is 25.0. The highest BCUT2D eigenvalue weighted by atomic mass is 16.6. The molecule has 1 atom stereocenters. The van der Waals surface area contributed by atoms with Gasteiger partial charge in [-0.1, -0.05) is 0 Å². The summed E-state index contributed by atoms with van der Waals surface area (Å²) in [5, 5.41) is 14.4. The second-order valence-electron chi connectivity index (χ2n) is 7.18. The predicted molar refractivity (Wildman–Crippen MR) is 94.0 cm³/mol. The van der Waals surface area contributed by atoms with Crippen molar-refractivity contribution in [2.75, 3.05) is 29.9 Å². The fourth-order valence-corrected chi connectivity index (χ4v) is 4.29. The van der Waals surface area contributed by atoms with E-state index in [4.69, 9.17) is 4.74 Å². The van der Waals surface area contributed by atoms with Gasteiger partial charge >= 0.3 is 0 Å². The molecule has 134 valence electrons. The van der Waals surface area contributed by atoms with Gasteiger partial charge in [-0.25, -0.2) is 0 Å². The van der Waals surface area contributed by atoms with Crippen LogP contribution in [0.3, 0.4) is 0 Å². The molecule has 25 heavy (non-hydrogen) atoms. The summed E-state index contributed by atoms with van der Waals surface area (Å²) in [7, 11) is 0. The Morgan fingerprint density at radius 2 is 2.00 bits per heavy atom. The zero-order chi connectivity index (χ0) is 17.4. The first-order chi connectivity index (χ1) is 12.1. The van der Waals surface area contributed by atoms with Gasteiger partial charge in [0.05, 0.1) is 11.0 Å². The van der Waals surface area contributed by atoms with E-state index in [1.807, 2.05) is 0 Å². The van der Waals surface area contributed by atoms with E-state index in [2.05, 4.69) is 10.2 Å². The Balaban J connectivity index is 1.56. The van der Waals surface area contributed by atoms with Crippen molar-refractivity contribution in [1.82, 2.24) is 0 Å². The van der Waals surface area contributed by atoms with Crippen LogP contribution in [0.2, 0.25) is 0 Å². The van der Waals surface area contributed by atoms with E-state index in [1.165, 1.54) is 0 Å². The lowest BCUT2D eigenvalue weighted by Gasteiger charge is -2.36. The number of aryl methyl sites for hydroxylation is 1. The summed E-state index contributed by atoms with van der Waals surface area (Å²) in [6.45, 7) is 2.44. The van der Waals surface area contributed by atoms with Crippen LogP contribution in [0.1, 0.15) is 37.7 Å². The number of nitrogens with one attached hydrogen (secondary N) is 1. The molecule has 3 aliphatic rings. The molecule has 7 heteroatoms. The highest BCUT2D eigenvalue weighted by Gasteiger charge is 2.32. The Kier molecular flexibility index (Phi) is 4.33. The largest absolute Gasteiger partial charge is 0.378 e. The quantitative estimate of drug-likeness (QED) is 0.672. The molecule has 0 aromatic heterocycles. The minimum atomic E-state index is -0.307. The summed E-state index contributed by atoms with van der Waals surface area (Å²) in [5.41, 5.74) is 2.34. The monoisotopic (exact) mass is 345 g/mol. The zero-order valence-corrected chi connectivity index (χ0v) is 14.2. The summed E-state index contributed by atoms with van der Waals surface area (Å²) in [6, 6.07) is 3.42. The van der Waals surface area contributed by atoms with Crippen LogP contribution in [0.5, 0.6) is 0 Å². The molecule has 7 nitrogen and oxygen atoms in total. The predicted octanol–water partition coefficient (Wildman–Crippen LogP) is 2.87. The second kappa shape index (κ2) is 6.63. The molecule has 4 rings (SSSR count). The summed E-state index contributed by atoms with van der Waals surface area (Å²) >= 11 is 0. The van der Waals surface area contributed by atoms with Gasteiger partial charge in [0.25, 0.3) is 5.69 Å². The molecule has 3 heterocycles. The van der Waals surface area contributed by atoms with Crippen molar-refractivity contribution in [2.24, 2.45) is 5.92 Å². The van der Waals surface area contributed by atoms with Gasteiger partial charge in [0.2, 0.25) is 5.91 Å². The molecule has 1 aromatic carbocycles. The Bertz CT molecular complexity index is 692. The van der Waals surface area contributed by atoms with Gasteiger partial charge in [0, 0.05) is 37.9 Å². The third-order valence-corrected chi connectivity index (χ3v) is 5.66. The summed E-state index contributed by atoms with van der Waals surface area (Å²) in [5.74, 6) is 0.527. The maximum atomic E-state index is 11.6. The third kappa shape index (κ3) is 3.20. The lowest BCUT2D eigenvalue weighted by molar-refractivity contribution is -0.384. The molecule has 2 fully saturated rings. The van der Waals surface area contributed by atoms with Crippen molar-refractivity contribution in [3.05, 3.63) is 27.8 Å². The molecule has 3 aliphatic heterocycles. The number of nitro groups is 1. The Morgan fingerprint density at radius 3 is 2.68 bits per heavy atom. The van der Waals surface area contributed by atoms with Crippen LogP contribution in [0.15, 0.2) is 12.1 Å². The maximum absolute atomic E-state index is 11.6. The molecule has 0 saturated carbocycles. The number of ether oxygens (including phenoxy) is 1. The molecular formula is C18H23N3O4. The molecule has 0 aliphatic carbocycles. The number of fused-ring (bicyclic) bond motifs is 1. The Hall–Kier alpha value is -2.15. The fraction of sp³-hybridized carbons (Fsp3) is 0.611. The number of hydrogen-bond acceptors (Lipinski definition) is 5. The number of carbonyl (C=O) groups excluding carboxylic acids is 1. The highest BCUT2D eigenvalue weighted by Crippen LogP contribution is 2.39. The van der Waals surface area contributed by atoms with E-state index >= 15 is 0 Å². The SMILES string of the molecule is O=C1CCc2cc([N+](=O)[O-])c(N3CCC(C4CCCO4)CC3)cc2N1. The molecule has 1 amide bonds. The number of hydrogen-bond donors (Lipinski definition) is 1. The molecular weight excluding hydrogens is 322 g/mol. The van der Waals surface area contributed by atoms with Gasteiger partial charge < -0.3 is 15.0 Å². The lowest BCUT2D eigenvalue weighted by atomic mass is 9.89. The highest BCUT2D eigenvalue weighted by molar-refractivity contribution is 5.95. The van der Waals surface area contributed by atoms with Crippen LogP contribution in [-0.2, 0) is 16.0 Å². The number of carbonyl (C=O) groups is 1. The smallest absolute Gasteiger partial charge is 0.292 e. The van der Waals surface area contributed by atoms with Gasteiger partial charge in [-0.2, -0.15) is 0 Å². The van der Waals surface area contributed by atoms with E-state index in [0.717, 1.165) is 56.6 Å². The Labute approximate surface area is 146 Å². The lowest BCUT2D eigenvalue weighted by Crippen LogP contribution is -2.38. The normalized spacial score (nSPS) is 24.1. The van der Waals surface area contributed by atoms with Gasteiger partial charge in [-0.3, -0.25) is 14.9 Å². The number of amides is 1. The average molecular weight is 345 g/mol. The number of anilines is 2.